The summed E-state index contributed by atoms with van der Waals surface area (Å²) < 4.78 is 29.3. The van der Waals surface area contributed by atoms with Gasteiger partial charge >= 0.3 is 5.69 Å². The number of para-hydroxylation sites is 2. The molecule has 2 aromatic carbocycles. The van der Waals surface area contributed by atoms with Crippen LogP contribution in [0.15, 0.2) is 66.0 Å². The zero-order valence-electron chi connectivity index (χ0n) is 16.7. The maximum Gasteiger partial charge on any atom is 0.329 e. The van der Waals surface area contributed by atoms with Crippen molar-refractivity contribution >= 4 is 32.7 Å². The van der Waals surface area contributed by atoms with Gasteiger partial charge in [-0.25, -0.2) is 17.9 Å². The number of sulfonamides is 1. The van der Waals surface area contributed by atoms with Crippen molar-refractivity contribution in [2.75, 3.05) is 11.9 Å². The Morgan fingerprint density at radius 2 is 1.70 bits per heavy atom. The molecule has 8 nitrogen and oxygen atoms in total. The number of rotatable bonds is 9. The van der Waals surface area contributed by atoms with Crippen LogP contribution in [0.2, 0.25) is 0 Å². The largest absolute Gasteiger partial charge is 0.329 e. The molecule has 2 N–H and O–H groups in total. The van der Waals surface area contributed by atoms with Gasteiger partial charge in [-0.2, -0.15) is 0 Å². The molecule has 1 heterocycles. The smallest absolute Gasteiger partial charge is 0.325 e. The van der Waals surface area contributed by atoms with Crippen LogP contribution in [0, 0.1) is 0 Å². The van der Waals surface area contributed by atoms with E-state index in [-0.39, 0.29) is 30.4 Å². The van der Waals surface area contributed by atoms with E-state index in [9.17, 15) is 18.0 Å². The van der Waals surface area contributed by atoms with Crippen molar-refractivity contribution in [3.63, 3.8) is 0 Å². The first-order valence-electron chi connectivity index (χ1n) is 9.49. The molecule has 3 rings (SSSR count). The van der Waals surface area contributed by atoms with Gasteiger partial charge in [-0.1, -0.05) is 30.3 Å². The summed E-state index contributed by atoms with van der Waals surface area (Å²) in [5.41, 5.74) is 2.36. The molecule has 0 fully saturated rings. The first kappa shape index (κ1) is 21.5. The second-order valence-corrected chi connectivity index (χ2v) is 8.55. The first-order valence-corrected chi connectivity index (χ1v) is 11.1. The summed E-state index contributed by atoms with van der Waals surface area (Å²) >= 11 is 0. The second kappa shape index (κ2) is 9.10. The number of imidazole rings is 1. The lowest BCUT2D eigenvalue weighted by atomic mass is 10.2. The number of aryl methyl sites for hydroxylation is 1. The third-order valence-electron chi connectivity index (χ3n) is 4.59. The van der Waals surface area contributed by atoms with Crippen molar-refractivity contribution in [3.8, 4) is 0 Å². The van der Waals surface area contributed by atoms with E-state index in [0.29, 0.717) is 23.3 Å². The van der Waals surface area contributed by atoms with Crippen LogP contribution in [-0.2, 0) is 33.7 Å². The van der Waals surface area contributed by atoms with E-state index >= 15 is 0 Å². The Morgan fingerprint density at radius 1 is 1.07 bits per heavy atom. The number of benzene rings is 2. The Morgan fingerprint density at radius 3 is 2.30 bits per heavy atom. The number of hydrogen-bond acceptors (Lipinski definition) is 4. The van der Waals surface area contributed by atoms with Gasteiger partial charge < -0.3 is 5.32 Å². The van der Waals surface area contributed by atoms with E-state index in [1.54, 1.807) is 28.8 Å². The minimum absolute atomic E-state index is 0.117. The number of amides is 1. The SMILES string of the molecule is C=CCNS(=O)(=O)Cc1ccc(NC(=O)Cn2c(=O)n(CC)c3ccccc32)cc1. The van der Waals surface area contributed by atoms with Gasteiger partial charge in [0.25, 0.3) is 0 Å². The average Bonchev–Trinajstić information content (AvgIpc) is 2.99. The molecule has 0 saturated heterocycles. The summed E-state index contributed by atoms with van der Waals surface area (Å²) in [6, 6.07) is 13.9. The van der Waals surface area contributed by atoms with Gasteiger partial charge in [0.1, 0.15) is 6.54 Å². The highest BCUT2D eigenvalue weighted by Gasteiger charge is 2.15. The molecule has 0 spiro atoms. The predicted octanol–water partition coefficient (Wildman–Crippen LogP) is 2.07. The molecule has 0 aliphatic heterocycles. The molecular weight excluding hydrogens is 404 g/mol. The standard InChI is InChI=1S/C21H24N4O4S/c1-3-13-22-30(28,29)15-16-9-11-17(12-10-16)23-20(26)14-25-19-8-6-5-7-18(19)24(4-2)21(25)27/h3,5-12,22H,1,4,13-15H2,2H3,(H,23,26). The van der Waals surface area contributed by atoms with Crippen LogP contribution in [0.4, 0.5) is 5.69 Å². The van der Waals surface area contributed by atoms with Crippen molar-refractivity contribution < 1.29 is 13.2 Å². The molecule has 0 radical (unpaired) electrons. The van der Waals surface area contributed by atoms with Crippen LogP contribution in [0.3, 0.4) is 0 Å². The molecule has 158 valence electrons. The molecule has 30 heavy (non-hydrogen) atoms. The van der Waals surface area contributed by atoms with E-state index in [1.807, 2.05) is 31.2 Å². The van der Waals surface area contributed by atoms with Gasteiger partial charge in [-0.15, -0.1) is 6.58 Å². The van der Waals surface area contributed by atoms with E-state index in [2.05, 4.69) is 16.6 Å². The van der Waals surface area contributed by atoms with Crippen molar-refractivity contribution in [2.24, 2.45) is 0 Å². The highest BCUT2D eigenvalue weighted by molar-refractivity contribution is 7.88. The highest BCUT2D eigenvalue weighted by atomic mass is 32.2. The van der Waals surface area contributed by atoms with Crippen LogP contribution in [0.25, 0.3) is 11.0 Å². The fourth-order valence-electron chi connectivity index (χ4n) is 3.22. The van der Waals surface area contributed by atoms with E-state index < -0.39 is 10.0 Å². The number of aromatic nitrogens is 2. The monoisotopic (exact) mass is 428 g/mol. The molecule has 0 aliphatic carbocycles. The van der Waals surface area contributed by atoms with E-state index in [1.165, 1.54) is 10.6 Å². The molecule has 0 bridgehead atoms. The number of anilines is 1. The van der Waals surface area contributed by atoms with E-state index in [0.717, 1.165) is 5.52 Å². The van der Waals surface area contributed by atoms with Gasteiger partial charge in [0.2, 0.25) is 15.9 Å². The predicted molar refractivity (Wildman–Crippen MR) is 118 cm³/mol. The lowest BCUT2D eigenvalue weighted by molar-refractivity contribution is -0.116. The Kier molecular flexibility index (Phi) is 6.53. The molecule has 0 saturated carbocycles. The summed E-state index contributed by atoms with van der Waals surface area (Å²) in [6.07, 6.45) is 1.47. The fraction of sp³-hybridized carbons (Fsp3) is 0.238. The summed E-state index contributed by atoms with van der Waals surface area (Å²) in [4.78, 5) is 25.1. The van der Waals surface area contributed by atoms with Crippen LogP contribution in [0.1, 0.15) is 12.5 Å². The lowest BCUT2D eigenvalue weighted by Crippen LogP contribution is -2.29. The van der Waals surface area contributed by atoms with Gasteiger partial charge in [0, 0.05) is 18.8 Å². The van der Waals surface area contributed by atoms with Crippen LogP contribution >= 0.6 is 0 Å². The summed E-state index contributed by atoms with van der Waals surface area (Å²) in [5, 5.41) is 2.75. The summed E-state index contributed by atoms with van der Waals surface area (Å²) in [6.45, 7) is 5.93. The Hall–Kier alpha value is -3.17. The molecule has 3 aromatic rings. The molecule has 0 aliphatic rings. The normalized spacial score (nSPS) is 11.5. The van der Waals surface area contributed by atoms with Crippen LogP contribution in [0.5, 0.6) is 0 Å². The van der Waals surface area contributed by atoms with Crippen molar-refractivity contribution in [1.82, 2.24) is 13.9 Å². The maximum atomic E-state index is 12.6. The minimum atomic E-state index is -3.45. The zero-order valence-corrected chi connectivity index (χ0v) is 17.5. The summed E-state index contributed by atoms with van der Waals surface area (Å²) in [7, 11) is -3.45. The quantitative estimate of drug-likeness (QED) is 0.509. The Labute approximate surface area is 174 Å². The topological polar surface area (TPSA) is 102 Å². The van der Waals surface area contributed by atoms with Crippen molar-refractivity contribution in [3.05, 3.63) is 77.2 Å². The average molecular weight is 429 g/mol. The number of carbonyl (C=O) groups is 1. The molecule has 1 amide bonds. The highest BCUT2D eigenvalue weighted by Crippen LogP contribution is 2.14. The van der Waals surface area contributed by atoms with Gasteiger partial charge in [0.15, 0.2) is 0 Å². The third kappa shape index (κ3) is 4.87. The molecule has 9 heteroatoms. The van der Waals surface area contributed by atoms with E-state index in [4.69, 9.17) is 0 Å². The molecule has 1 aromatic heterocycles. The molecule has 0 unspecified atom stereocenters. The first-order chi connectivity index (χ1) is 14.3. The maximum absolute atomic E-state index is 12.6. The zero-order chi connectivity index (χ0) is 21.7. The van der Waals surface area contributed by atoms with Crippen LogP contribution < -0.4 is 15.7 Å². The number of nitrogens with zero attached hydrogens (tertiary/aromatic N) is 2. The van der Waals surface area contributed by atoms with Gasteiger partial charge in [-0.05, 0) is 36.8 Å². The second-order valence-electron chi connectivity index (χ2n) is 6.74. The third-order valence-corrected chi connectivity index (χ3v) is 5.90. The van der Waals surface area contributed by atoms with Gasteiger partial charge in [0.05, 0.1) is 16.8 Å². The fourth-order valence-corrected chi connectivity index (χ4v) is 4.32. The minimum Gasteiger partial charge on any atom is -0.325 e. The number of hydrogen-bond donors (Lipinski definition) is 2. The van der Waals surface area contributed by atoms with Crippen molar-refractivity contribution in [2.45, 2.75) is 25.8 Å². The summed E-state index contributed by atoms with van der Waals surface area (Å²) in [5.74, 6) is -0.509. The number of fused-ring (bicyclic) bond motifs is 1. The molecular formula is C21H24N4O4S. The number of nitrogens with one attached hydrogen (secondary N) is 2. The Bertz CT molecular complexity index is 1220. The Balaban J connectivity index is 1.70. The molecule has 0 atom stereocenters. The lowest BCUT2D eigenvalue weighted by Gasteiger charge is -2.08. The van der Waals surface area contributed by atoms with Crippen molar-refractivity contribution in [1.29, 1.82) is 0 Å². The van der Waals surface area contributed by atoms with Crippen LogP contribution in [-0.4, -0.2) is 30.0 Å². The number of carbonyl (C=O) groups excluding carboxylic acids is 1. The van der Waals surface area contributed by atoms with Gasteiger partial charge in [-0.3, -0.25) is 13.9 Å².